The maximum absolute atomic E-state index is 4.37. The summed E-state index contributed by atoms with van der Waals surface area (Å²) in [6.07, 6.45) is 8.66. The Morgan fingerprint density at radius 2 is 2.18 bits per heavy atom. The van der Waals surface area contributed by atoms with Crippen molar-refractivity contribution in [2.45, 2.75) is 38.0 Å². The van der Waals surface area contributed by atoms with Crippen molar-refractivity contribution in [1.82, 2.24) is 15.1 Å². The summed E-state index contributed by atoms with van der Waals surface area (Å²) in [6.45, 7) is 1.11. The molecule has 1 heterocycles. The van der Waals surface area contributed by atoms with E-state index in [1.807, 2.05) is 10.9 Å². The number of hydrogen-bond donors (Lipinski definition) is 1. The van der Waals surface area contributed by atoms with E-state index in [9.17, 15) is 0 Å². The topological polar surface area (TPSA) is 29.9 Å². The Morgan fingerprint density at radius 3 is 2.82 bits per heavy atom. The van der Waals surface area contributed by atoms with Gasteiger partial charge in [-0.2, -0.15) is 5.10 Å². The fraction of sp³-hybridized carbons (Fsp3) is 0.769. The van der Waals surface area contributed by atoms with Crippen molar-refractivity contribution in [1.29, 1.82) is 0 Å². The van der Waals surface area contributed by atoms with E-state index in [4.69, 9.17) is 0 Å². The first kappa shape index (κ1) is 13.1. The van der Waals surface area contributed by atoms with Crippen molar-refractivity contribution in [3.63, 3.8) is 0 Å². The van der Waals surface area contributed by atoms with Crippen LogP contribution in [0.5, 0.6) is 0 Å². The van der Waals surface area contributed by atoms with Gasteiger partial charge in [-0.05, 0) is 48.3 Å². The van der Waals surface area contributed by atoms with E-state index in [1.165, 1.54) is 42.3 Å². The summed E-state index contributed by atoms with van der Waals surface area (Å²) in [7, 11) is 4.11. The normalized spacial score (nSPS) is 25.8. The highest BCUT2D eigenvalue weighted by Crippen LogP contribution is 2.38. The molecule has 1 N–H and O–H groups in total. The SMILES string of the molecule is CNCC1CCCCCC1c1c(Br)cnn1C. The van der Waals surface area contributed by atoms with Crippen LogP contribution in [0.15, 0.2) is 10.7 Å². The summed E-state index contributed by atoms with van der Waals surface area (Å²) in [6, 6.07) is 0. The van der Waals surface area contributed by atoms with Crippen LogP contribution in [-0.4, -0.2) is 23.4 Å². The standard InChI is InChI=1S/C13H22BrN3/c1-15-8-10-6-4-3-5-7-11(10)13-12(14)9-16-17(13)2/h9-11,15H,3-8H2,1-2H3. The Balaban J connectivity index is 2.25. The van der Waals surface area contributed by atoms with Gasteiger partial charge in [-0.3, -0.25) is 4.68 Å². The third kappa shape index (κ3) is 2.91. The molecule has 1 aromatic rings. The zero-order valence-electron chi connectivity index (χ0n) is 10.7. The van der Waals surface area contributed by atoms with Crippen LogP contribution in [0, 0.1) is 5.92 Å². The number of aromatic nitrogens is 2. The van der Waals surface area contributed by atoms with Crippen LogP contribution >= 0.6 is 15.9 Å². The van der Waals surface area contributed by atoms with Crippen molar-refractivity contribution >= 4 is 15.9 Å². The first-order valence-electron chi connectivity index (χ1n) is 6.56. The van der Waals surface area contributed by atoms with Gasteiger partial charge in [-0.15, -0.1) is 0 Å². The van der Waals surface area contributed by atoms with Gasteiger partial charge in [-0.25, -0.2) is 0 Å². The van der Waals surface area contributed by atoms with Crippen LogP contribution in [0.2, 0.25) is 0 Å². The first-order chi connectivity index (χ1) is 8.24. The summed E-state index contributed by atoms with van der Waals surface area (Å²) < 4.78 is 3.22. The van der Waals surface area contributed by atoms with E-state index < -0.39 is 0 Å². The highest BCUT2D eigenvalue weighted by atomic mass is 79.9. The average molecular weight is 300 g/mol. The molecule has 1 aliphatic rings. The maximum atomic E-state index is 4.37. The maximum Gasteiger partial charge on any atom is 0.0635 e. The van der Waals surface area contributed by atoms with Crippen molar-refractivity contribution < 1.29 is 0 Å². The second kappa shape index (κ2) is 6.01. The predicted molar refractivity (Wildman–Crippen MR) is 74.2 cm³/mol. The Morgan fingerprint density at radius 1 is 1.41 bits per heavy atom. The molecule has 0 aliphatic heterocycles. The fourth-order valence-corrected chi connectivity index (χ4v) is 3.73. The third-order valence-electron chi connectivity index (χ3n) is 3.91. The minimum Gasteiger partial charge on any atom is -0.319 e. The first-order valence-corrected chi connectivity index (χ1v) is 7.35. The molecule has 0 saturated heterocycles. The monoisotopic (exact) mass is 299 g/mol. The number of nitrogens with one attached hydrogen (secondary N) is 1. The minimum absolute atomic E-state index is 0.645. The summed E-state index contributed by atoms with van der Waals surface area (Å²) in [5.41, 5.74) is 1.38. The number of halogens is 1. The molecular formula is C13H22BrN3. The lowest BCUT2D eigenvalue weighted by Crippen LogP contribution is -2.25. The second-order valence-electron chi connectivity index (χ2n) is 5.06. The molecule has 17 heavy (non-hydrogen) atoms. The molecule has 1 aromatic heterocycles. The van der Waals surface area contributed by atoms with E-state index in [0.29, 0.717) is 5.92 Å². The van der Waals surface area contributed by atoms with E-state index in [-0.39, 0.29) is 0 Å². The lowest BCUT2D eigenvalue weighted by atomic mass is 9.85. The van der Waals surface area contributed by atoms with Crippen LogP contribution in [0.25, 0.3) is 0 Å². The predicted octanol–water partition coefficient (Wildman–Crippen LogP) is 3.07. The van der Waals surface area contributed by atoms with Gasteiger partial charge in [-0.1, -0.05) is 19.3 Å². The van der Waals surface area contributed by atoms with Gasteiger partial charge in [0.15, 0.2) is 0 Å². The molecule has 0 amide bonds. The van der Waals surface area contributed by atoms with Crippen LogP contribution in [0.1, 0.15) is 43.7 Å². The lowest BCUT2D eigenvalue weighted by molar-refractivity contribution is 0.370. The number of rotatable bonds is 3. The largest absolute Gasteiger partial charge is 0.319 e. The Bertz CT molecular complexity index is 342. The quantitative estimate of drug-likeness (QED) is 0.870. The van der Waals surface area contributed by atoms with Crippen LogP contribution in [0.4, 0.5) is 0 Å². The summed E-state index contributed by atoms with van der Waals surface area (Å²) in [5.74, 6) is 1.39. The number of aryl methyl sites for hydroxylation is 1. The second-order valence-corrected chi connectivity index (χ2v) is 5.92. The van der Waals surface area contributed by atoms with Crippen LogP contribution in [0.3, 0.4) is 0 Å². The third-order valence-corrected chi connectivity index (χ3v) is 4.53. The van der Waals surface area contributed by atoms with Gasteiger partial charge in [0.05, 0.1) is 16.4 Å². The van der Waals surface area contributed by atoms with Gasteiger partial charge < -0.3 is 5.32 Å². The Labute approximate surface area is 112 Å². The number of hydrogen-bond acceptors (Lipinski definition) is 2. The molecule has 3 nitrogen and oxygen atoms in total. The summed E-state index contributed by atoms with van der Waals surface area (Å²) in [4.78, 5) is 0. The highest BCUT2D eigenvalue weighted by molar-refractivity contribution is 9.10. The van der Waals surface area contributed by atoms with Gasteiger partial charge in [0.1, 0.15) is 0 Å². The van der Waals surface area contributed by atoms with Crippen LogP contribution in [-0.2, 0) is 7.05 Å². The molecule has 0 aromatic carbocycles. The minimum atomic E-state index is 0.645. The molecule has 2 rings (SSSR count). The molecule has 4 heteroatoms. The molecule has 0 bridgehead atoms. The summed E-state index contributed by atoms with van der Waals surface area (Å²) >= 11 is 3.65. The van der Waals surface area contributed by atoms with E-state index in [0.717, 1.165) is 12.5 Å². The molecule has 1 fully saturated rings. The molecule has 1 saturated carbocycles. The zero-order chi connectivity index (χ0) is 12.3. The average Bonchev–Trinajstić information content (AvgIpc) is 2.54. The lowest BCUT2D eigenvalue weighted by Gasteiger charge is -2.25. The smallest absolute Gasteiger partial charge is 0.0635 e. The molecule has 2 atom stereocenters. The van der Waals surface area contributed by atoms with Crippen molar-refractivity contribution in [2.75, 3.05) is 13.6 Å². The molecule has 1 aliphatic carbocycles. The molecular weight excluding hydrogens is 278 g/mol. The molecule has 2 unspecified atom stereocenters. The van der Waals surface area contributed by atoms with E-state index in [2.05, 4.69) is 40.4 Å². The molecule has 0 spiro atoms. The fourth-order valence-electron chi connectivity index (χ4n) is 3.09. The van der Waals surface area contributed by atoms with Gasteiger partial charge in [0.25, 0.3) is 0 Å². The molecule has 96 valence electrons. The van der Waals surface area contributed by atoms with Crippen molar-refractivity contribution in [2.24, 2.45) is 13.0 Å². The van der Waals surface area contributed by atoms with Gasteiger partial charge in [0.2, 0.25) is 0 Å². The van der Waals surface area contributed by atoms with E-state index >= 15 is 0 Å². The summed E-state index contributed by atoms with van der Waals surface area (Å²) in [5, 5.41) is 7.72. The van der Waals surface area contributed by atoms with Gasteiger partial charge >= 0.3 is 0 Å². The van der Waals surface area contributed by atoms with Crippen molar-refractivity contribution in [3.8, 4) is 0 Å². The number of nitrogens with zero attached hydrogens (tertiary/aromatic N) is 2. The Kier molecular flexibility index (Phi) is 4.62. The molecule has 0 radical (unpaired) electrons. The Hall–Kier alpha value is -0.350. The zero-order valence-corrected chi connectivity index (χ0v) is 12.3. The van der Waals surface area contributed by atoms with Crippen LogP contribution < -0.4 is 5.32 Å². The van der Waals surface area contributed by atoms with Gasteiger partial charge in [0, 0.05) is 13.0 Å². The van der Waals surface area contributed by atoms with Crippen molar-refractivity contribution in [3.05, 3.63) is 16.4 Å². The van der Waals surface area contributed by atoms with E-state index in [1.54, 1.807) is 0 Å². The highest BCUT2D eigenvalue weighted by Gasteiger charge is 2.28.